The van der Waals surface area contributed by atoms with E-state index in [4.69, 9.17) is 11.6 Å². The minimum atomic E-state index is -4.63. The average molecular weight is 487 g/mol. The van der Waals surface area contributed by atoms with Crippen LogP contribution in [0.3, 0.4) is 0 Å². The van der Waals surface area contributed by atoms with Gasteiger partial charge in [0.25, 0.3) is 0 Å². The second-order valence-electron chi connectivity index (χ2n) is 6.46. The Labute approximate surface area is 190 Å². The Morgan fingerprint density at radius 2 is 1.90 bits per heavy atom. The summed E-state index contributed by atoms with van der Waals surface area (Å²) >= 11 is 8.20. The van der Waals surface area contributed by atoms with Crippen molar-refractivity contribution in [1.82, 2.24) is 10.2 Å². The molecule has 1 amide bonds. The van der Waals surface area contributed by atoms with Crippen molar-refractivity contribution in [1.29, 1.82) is 0 Å². The minimum Gasteiger partial charge on any atom is -0.330 e. The summed E-state index contributed by atoms with van der Waals surface area (Å²) in [6.07, 6.45) is -3.78. The lowest BCUT2D eigenvalue weighted by Gasteiger charge is -2.14. The molecule has 0 saturated heterocycles. The van der Waals surface area contributed by atoms with E-state index in [0.717, 1.165) is 41.1 Å². The molecule has 0 atom stereocenters. The quantitative estimate of drug-likeness (QED) is 0.370. The maximum absolute atomic E-state index is 13.2. The second kappa shape index (κ2) is 9.88. The molecule has 3 aromatic rings. The minimum absolute atomic E-state index is 0.137. The Hall–Kier alpha value is -2.30. The van der Waals surface area contributed by atoms with E-state index >= 15 is 0 Å². The van der Waals surface area contributed by atoms with Crippen molar-refractivity contribution in [3.05, 3.63) is 58.1 Å². The van der Waals surface area contributed by atoms with Crippen LogP contribution in [0, 0.1) is 6.92 Å². The summed E-state index contributed by atoms with van der Waals surface area (Å²) in [6, 6.07) is 9.35. The molecule has 2 aromatic carbocycles. The summed E-state index contributed by atoms with van der Waals surface area (Å²) < 4.78 is 40.0. The summed E-state index contributed by atoms with van der Waals surface area (Å²) in [5, 5.41) is 14.0. The number of amides is 1. The monoisotopic (exact) mass is 486 g/mol. The molecule has 0 fully saturated rings. The summed E-state index contributed by atoms with van der Waals surface area (Å²) in [6.45, 7) is 4.05. The third kappa shape index (κ3) is 5.90. The number of hydrogen-bond donors (Lipinski definition) is 2. The predicted molar refractivity (Wildman–Crippen MR) is 120 cm³/mol. The molecule has 2 N–H and O–H groups in total. The van der Waals surface area contributed by atoms with Crippen LogP contribution in [0.5, 0.6) is 0 Å². The third-order valence-electron chi connectivity index (χ3n) is 4.29. The highest BCUT2D eigenvalue weighted by Crippen LogP contribution is 2.38. The number of para-hydroxylation sites is 2. The van der Waals surface area contributed by atoms with Crippen LogP contribution < -0.4 is 10.6 Å². The van der Waals surface area contributed by atoms with Crippen molar-refractivity contribution in [2.75, 3.05) is 16.4 Å². The smallest absolute Gasteiger partial charge is 0.330 e. The molecule has 0 unspecified atom stereocenters. The van der Waals surface area contributed by atoms with Crippen molar-refractivity contribution in [2.24, 2.45) is 0 Å². The maximum atomic E-state index is 13.2. The van der Waals surface area contributed by atoms with Crippen LogP contribution in [0.4, 0.5) is 29.7 Å². The zero-order chi connectivity index (χ0) is 22.6. The summed E-state index contributed by atoms with van der Waals surface area (Å²) in [5.74, 6) is -0.762. The van der Waals surface area contributed by atoms with Crippen molar-refractivity contribution >= 4 is 57.1 Å². The topological polar surface area (TPSA) is 66.9 Å². The molecule has 11 heteroatoms. The number of carbonyl (C=O) groups is 1. The number of hydrogen-bond acceptors (Lipinski definition) is 6. The largest absolute Gasteiger partial charge is 0.418 e. The number of rotatable bonds is 7. The maximum Gasteiger partial charge on any atom is 0.418 e. The first kappa shape index (κ1) is 23.4. The number of benzene rings is 2. The molecule has 1 aromatic heterocycles. The van der Waals surface area contributed by atoms with Crippen LogP contribution in [-0.4, -0.2) is 21.9 Å². The Kier molecular flexibility index (Phi) is 7.45. The molecule has 1 heterocycles. The molecule has 0 saturated carbocycles. The highest BCUT2D eigenvalue weighted by molar-refractivity contribution is 8.01. The molecule has 0 radical (unpaired) electrons. The van der Waals surface area contributed by atoms with Gasteiger partial charge in [0.2, 0.25) is 11.0 Å². The number of aryl methyl sites for hydroxylation is 2. The fourth-order valence-electron chi connectivity index (χ4n) is 2.82. The number of carbonyl (C=O) groups excluding carboxylic acids is 1. The van der Waals surface area contributed by atoms with Gasteiger partial charge in [0.05, 0.1) is 22.0 Å². The molecular formula is C20H18ClF3N4OS2. The number of alkyl halides is 3. The molecule has 3 rings (SSSR count). The Morgan fingerprint density at radius 3 is 2.61 bits per heavy atom. The number of nitrogens with one attached hydrogen (secondary N) is 2. The van der Waals surface area contributed by atoms with Gasteiger partial charge in [-0.25, -0.2) is 0 Å². The molecule has 0 spiro atoms. The van der Waals surface area contributed by atoms with Gasteiger partial charge in [0.15, 0.2) is 4.34 Å². The van der Waals surface area contributed by atoms with Crippen LogP contribution in [0.2, 0.25) is 5.02 Å². The Bertz CT molecular complexity index is 1090. The number of aromatic nitrogens is 2. The van der Waals surface area contributed by atoms with Crippen LogP contribution in [0.15, 0.2) is 40.7 Å². The zero-order valence-electron chi connectivity index (χ0n) is 16.5. The molecular weight excluding hydrogens is 469 g/mol. The van der Waals surface area contributed by atoms with Gasteiger partial charge in [0, 0.05) is 5.69 Å². The molecule has 164 valence electrons. The molecule has 5 nitrogen and oxygen atoms in total. The first-order valence-electron chi connectivity index (χ1n) is 9.16. The lowest BCUT2D eigenvalue weighted by atomic mass is 10.1. The number of thioether (sulfide) groups is 1. The van der Waals surface area contributed by atoms with Crippen molar-refractivity contribution in [2.45, 2.75) is 30.8 Å². The van der Waals surface area contributed by atoms with E-state index in [1.807, 2.05) is 25.1 Å². The van der Waals surface area contributed by atoms with Crippen LogP contribution in [-0.2, 0) is 17.4 Å². The Balaban J connectivity index is 1.64. The molecule has 0 bridgehead atoms. The van der Waals surface area contributed by atoms with Crippen molar-refractivity contribution in [3.63, 3.8) is 0 Å². The highest BCUT2D eigenvalue weighted by atomic mass is 35.5. The van der Waals surface area contributed by atoms with Gasteiger partial charge >= 0.3 is 6.18 Å². The van der Waals surface area contributed by atoms with E-state index < -0.39 is 23.3 Å². The fourth-order valence-corrected chi connectivity index (χ4v) is 4.60. The SMILES string of the molecule is CCc1cccc(C)c1Nc1nnc(SCC(=O)Nc2c(Cl)cccc2C(F)(F)F)s1. The van der Waals surface area contributed by atoms with Gasteiger partial charge in [0.1, 0.15) is 0 Å². The first-order chi connectivity index (χ1) is 14.7. The van der Waals surface area contributed by atoms with E-state index in [1.54, 1.807) is 0 Å². The third-order valence-corrected chi connectivity index (χ3v) is 6.58. The number of halogens is 4. The molecule has 0 aliphatic heterocycles. The zero-order valence-corrected chi connectivity index (χ0v) is 18.9. The van der Waals surface area contributed by atoms with Gasteiger partial charge in [-0.1, -0.05) is 65.9 Å². The lowest BCUT2D eigenvalue weighted by molar-refractivity contribution is -0.137. The van der Waals surface area contributed by atoms with Crippen LogP contribution >= 0.6 is 34.7 Å². The second-order valence-corrected chi connectivity index (χ2v) is 9.06. The van der Waals surface area contributed by atoms with E-state index in [0.29, 0.717) is 9.47 Å². The van der Waals surface area contributed by atoms with Gasteiger partial charge in [-0.05, 0) is 36.6 Å². The van der Waals surface area contributed by atoms with Crippen molar-refractivity contribution in [3.8, 4) is 0 Å². The Morgan fingerprint density at radius 1 is 1.16 bits per heavy atom. The fraction of sp³-hybridized carbons (Fsp3) is 0.250. The van der Waals surface area contributed by atoms with E-state index in [9.17, 15) is 18.0 Å². The van der Waals surface area contributed by atoms with E-state index in [2.05, 4.69) is 27.8 Å². The lowest BCUT2D eigenvalue weighted by Crippen LogP contribution is -2.18. The predicted octanol–water partition coefficient (Wildman–Crippen LogP) is 6.56. The van der Waals surface area contributed by atoms with Gasteiger partial charge < -0.3 is 10.6 Å². The number of anilines is 3. The van der Waals surface area contributed by atoms with E-state index in [1.165, 1.54) is 23.5 Å². The molecule has 0 aliphatic rings. The summed E-state index contributed by atoms with van der Waals surface area (Å²) in [7, 11) is 0. The van der Waals surface area contributed by atoms with Crippen LogP contribution in [0.1, 0.15) is 23.6 Å². The molecule has 0 aliphatic carbocycles. The summed E-state index contributed by atoms with van der Waals surface area (Å²) in [5.41, 5.74) is 1.74. The normalized spacial score (nSPS) is 11.4. The van der Waals surface area contributed by atoms with E-state index in [-0.39, 0.29) is 10.8 Å². The van der Waals surface area contributed by atoms with Crippen LogP contribution in [0.25, 0.3) is 0 Å². The highest BCUT2D eigenvalue weighted by Gasteiger charge is 2.34. The van der Waals surface area contributed by atoms with Gasteiger partial charge in [-0.15, -0.1) is 10.2 Å². The average Bonchev–Trinajstić information content (AvgIpc) is 3.16. The number of nitrogens with zero attached hydrogens (tertiary/aromatic N) is 2. The van der Waals surface area contributed by atoms with Gasteiger partial charge in [-0.2, -0.15) is 13.2 Å². The standard InChI is InChI=1S/C20H18ClF3N4OS2/c1-3-12-7-4-6-11(2)16(12)26-18-27-28-19(31-18)30-10-15(29)25-17-13(20(22,23)24)8-5-9-14(17)21/h4-9H,3,10H2,1-2H3,(H,25,29)(H,26,27). The van der Waals surface area contributed by atoms with Crippen molar-refractivity contribution < 1.29 is 18.0 Å². The summed E-state index contributed by atoms with van der Waals surface area (Å²) in [4.78, 5) is 12.2. The van der Waals surface area contributed by atoms with Gasteiger partial charge in [-0.3, -0.25) is 4.79 Å². The molecule has 31 heavy (non-hydrogen) atoms. The first-order valence-corrected chi connectivity index (χ1v) is 11.3.